The van der Waals surface area contributed by atoms with E-state index in [1.807, 2.05) is 4.90 Å². The first-order chi connectivity index (χ1) is 8.81. The zero-order chi connectivity index (χ0) is 12.8. The van der Waals surface area contributed by atoms with Gasteiger partial charge >= 0.3 is 0 Å². The van der Waals surface area contributed by atoms with E-state index in [-0.39, 0.29) is 18.6 Å². The number of amides is 1. The Morgan fingerprint density at radius 2 is 2.00 bits per heavy atom. The van der Waals surface area contributed by atoms with Gasteiger partial charge in [0, 0.05) is 13.0 Å². The number of piperidine rings is 2. The van der Waals surface area contributed by atoms with Gasteiger partial charge < -0.3 is 15.3 Å². The van der Waals surface area contributed by atoms with Crippen molar-refractivity contribution in [3.8, 4) is 0 Å². The average Bonchev–Trinajstić information content (AvgIpc) is 2.45. The van der Waals surface area contributed by atoms with Crippen molar-refractivity contribution in [3.05, 3.63) is 0 Å². The summed E-state index contributed by atoms with van der Waals surface area (Å²) in [5.41, 5.74) is 0. The minimum Gasteiger partial charge on any atom is -0.394 e. The van der Waals surface area contributed by atoms with Crippen LogP contribution in [0.4, 0.5) is 0 Å². The molecule has 4 nitrogen and oxygen atoms in total. The van der Waals surface area contributed by atoms with Crippen molar-refractivity contribution >= 4 is 5.91 Å². The molecule has 1 unspecified atom stereocenters. The summed E-state index contributed by atoms with van der Waals surface area (Å²) >= 11 is 0. The lowest BCUT2D eigenvalue weighted by molar-refractivity contribution is -0.136. The fourth-order valence-electron chi connectivity index (χ4n) is 3.16. The van der Waals surface area contributed by atoms with Gasteiger partial charge in [-0.1, -0.05) is 0 Å². The molecule has 0 aromatic carbocycles. The van der Waals surface area contributed by atoms with Crippen LogP contribution in [0.1, 0.15) is 44.9 Å². The van der Waals surface area contributed by atoms with E-state index in [1.165, 1.54) is 12.8 Å². The molecule has 2 aliphatic heterocycles. The van der Waals surface area contributed by atoms with Crippen LogP contribution < -0.4 is 5.32 Å². The van der Waals surface area contributed by atoms with Gasteiger partial charge in [-0.3, -0.25) is 4.79 Å². The van der Waals surface area contributed by atoms with Crippen molar-refractivity contribution in [2.75, 3.05) is 26.2 Å². The topological polar surface area (TPSA) is 52.6 Å². The lowest BCUT2D eigenvalue weighted by Gasteiger charge is -2.35. The number of carbonyl (C=O) groups excluding carboxylic acids is 1. The molecule has 2 aliphatic rings. The van der Waals surface area contributed by atoms with Gasteiger partial charge in [-0.05, 0) is 57.5 Å². The first kappa shape index (κ1) is 13.8. The van der Waals surface area contributed by atoms with Gasteiger partial charge in [0.1, 0.15) is 0 Å². The summed E-state index contributed by atoms with van der Waals surface area (Å²) in [5.74, 6) is 0.972. The van der Waals surface area contributed by atoms with Crippen molar-refractivity contribution in [2.24, 2.45) is 5.92 Å². The van der Waals surface area contributed by atoms with Crippen LogP contribution in [0.2, 0.25) is 0 Å². The maximum atomic E-state index is 12.2. The number of aliphatic hydroxyl groups excluding tert-OH is 1. The largest absolute Gasteiger partial charge is 0.394 e. The number of hydrogen-bond donors (Lipinski definition) is 2. The molecule has 4 heteroatoms. The van der Waals surface area contributed by atoms with Gasteiger partial charge in [0.25, 0.3) is 0 Å². The molecule has 2 heterocycles. The third-order valence-corrected chi connectivity index (χ3v) is 4.38. The Hall–Kier alpha value is -0.610. The highest BCUT2D eigenvalue weighted by Gasteiger charge is 2.26. The summed E-state index contributed by atoms with van der Waals surface area (Å²) in [7, 11) is 0. The fraction of sp³-hybridized carbons (Fsp3) is 0.929. The molecule has 2 saturated heterocycles. The highest BCUT2D eigenvalue weighted by molar-refractivity contribution is 5.76. The van der Waals surface area contributed by atoms with Crippen molar-refractivity contribution in [1.29, 1.82) is 0 Å². The minimum absolute atomic E-state index is 0.0827. The summed E-state index contributed by atoms with van der Waals surface area (Å²) in [5, 5.41) is 12.7. The van der Waals surface area contributed by atoms with Gasteiger partial charge in [-0.15, -0.1) is 0 Å². The third-order valence-electron chi connectivity index (χ3n) is 4.38. The number of carbonyl (C=O) groups is 1. The van der Waals surface area contributed by atoms with Crippen LogP contribution >= 0.6 is 0 Å². The van der Waals surface area contributed by atoms with E-state index in [4.69, 9.17) is 0 Å². The van der Waals surface area contributed by atoms with Crippen LogP contribution in [-0.4, -0.2) is 48.2 Å². The standard InChI is InChI=1S/C14H26N2O2/c17-11-13-3-1-2-10-16(13)14(18)5-4-12-6-8-15-9-7-12/h12-13,15,17H,1-11H2. The van der Waals surface area contributed by atoms with Crippen molar-refractivity contribution in [2.45, 2.75) is 51.0 Å². The molecule has 1 amide bonds. The molecule has 0 aromatic heterocycles. The van der Waals surface area contributed by atoms with Gasteiger partial charge in [-0.25, -0.2) is 0 Å². The first-order valence-electron chi connectivity index (χ1n) is 7.42. The predicted molar refractivity (Wildman–Crippen MR) is 71.3 cm³/mol. The number of hydrogen-bond acceptors (Lipinski definition) is 3. The highest BCUT2D eigenvalue weighted by Crippen LogP contribution is 2.21. The molecule has 1 atom stereocenters. The Balaban J connectivity index is 1.75. The van der Waals surface area contributed by atoms with E-state index in [2.05, 4.69) is 5.32 Å². The summed E-state index contributed by atoms with van der Waals surface area (Å²) in [6, 6.07) is 0.0827. The highest BCUT2D eigenvalue weighted by atomic mass is 16.3. The summed E-state index contributed by atoms with van der Waals surface area (Å²) < 4.78 is 0. The zero-order valence-corrected chi connectivity index (χ0v) is 11.2. The fourth-order valence-corrected chi connectivity index (χ4v) is 3.16. The minimum atomic E-state index is 0.0827. The molecule has 0 bridgehead atoms. The van der Waals surface area contributed by atoms with E-state index in [0.717, 1.165) is 45.3 Å². The quantitative estimate of drug-likeness (QED) is 0.791. The van der Waals surface area contributed by atoms with E-state index >= 15 is 0 Å². The Morgan fingerprint density at radius 3 is 2.72 bits per heavy atom. The smallest absolute Gasteiger partial charge is 0.222 e. The van der Waals surface area contributed by atoms with Crippen molar-refractivity contribution in [1.82, 2.24) is 10.2 Å². The molecule has 104 valence electrons. The second-order valence-electron chi connectivity index (χ2n) is 5.65. The Bertz CT molecular complexity index is 265. The Labute approximate surface area is 110 Å². The second-order valence-corrected chi connectivity index (χ2v) is 5.65. The molecule has 2 fully saturated rings. The number of rotatable bonds is 4. The third kappa shape index (κ3) is 3.69. The lowest BCUT2D eigenvalue weighted by atomic mass is 9.92. The molecule has 0 aliphatic carbocycles. The summed E-state index contributed by atoms with van der Waals surface area (Å²) in [6.07, 6.45) is 7.30. The Kier molecular flexibility index (Phi) is 5.45. The van der Waals surface area contributed by atoms with Crippen LogP contribution in [-0.2, 0) is 4.79 Å². The van der Waals surface area contributed by atoms with Crippen LogP contribution in [0.15, 0.2) is 0 Å². The van der Waals surface area contributed by atoms with Crippen molar-refractivity contribution < 1.29 is 9.90 Å². The lowest BCUT2D eigenvalue weighted by Crippen LogP contribution is -2.45. The number of nitrogens with one attached hydrogen (secondary N) is 1. The van der Waals surface area contributed by atoms with Crippen LogP contribution in [0.5, 0.6) is 0 Å². The van der Waals surface area contributed by atoms with Crippen molar-refractivity contribution in [3.63, 3.8) is 0 Å². The van der Waals surface area contributed by atoms with E-state index in [0.29, 0.717) is 12.3 Å². The number of likely N-dealkylation sites (tertiary alicyclic amines) is 1. The van der Waals surface area contributed by atoms with E-state index in [1.54, 1.807) is 0 Å². The molecule has 0 saturated carbocycles. The van der Waals surface area contributed by atoms with E-state index < -0.39 is 0 Å². The molecule has 0 radical (unpaired) electrons. The van der Waals surface area contributed by atoms with Crippen LogP contribution in [0.3, 0.4) is 0 Å². The number of nitrogens with zero attached hydrogens (tertiary/aromatic N) is 1. The van der Waals surface area contributed by atoms with Gasteiger partial charge in [0.2, 0.25) is 5.91 Å². The predicted octanol–water partition coefficient (Wildman–Crippen LogP) is 1.14. The van der Waals surface area contributed by atoms with Gasteiger partial charge in [-0.2, -0.15) is 0 Å². The second kappa shape index (κ2) is 7.10. The summed E-state index contributed by atoms with van der Waals surface area (Å²) in [6.45, 7) is 3.17. The van der Waals surface area contributed by atoms with Crippen LogP contribution in [0, 0.1) is 5.92 Å². The van der Waals surface area contributed by atoms with E-state index in [9.17, 15) is 9.90 Å². The normalized spacial score (nSPS) is 26.3. The molecular formula is C14H26N2O2. The zero-order valence-electron chi connectivity index (χ0n) is 11.2. The SMILES string of the molecule is O=C(CCC1CCNCC1)N1CCCCC1CO. The van der Waals surface area contributed by atoms with Gasteiger partial charge in [0.15, 0.2) is 0 Å². The molecule has 2 N–H and O–H groups in total. The molecule has 0 spiro atoms. The Morgan fingerprint density at radius 1 is 1.22 bits per heavy atom. The maximum Gasteiger partial charge on any atom is 0.222 e. The molecule has 18 heavy (non-hydrogen) atoms. The van der Waals surface area contributed by atoms with Crippen LogP contribution in [0.25, 0.3) is 0 Å². The maximum absolute atomic E-state index is 12.2. The average molecular weight is 254 g/mol. The summed E-state index contributed by atoms with van der Waals surface area (Å²) in [4.78, 5) is 14.1. The number of aliphatic hydroxyl groups is 1. The van der Waals surface area contributed by atoms with Gasteiger partial charge in [0.05, 0.1) is 12.6 Å². The molecule has 0 aromatic rings. The molecule has 2 rings (SSSR count). The molecular weight excluding hydrogens is 228 g/mol. The first-order valence-corrected chi connectivity index (χ1v) is 7.42. The monoisotopic (exact) mass is 254 g/mol.